The zero-order chi connectivity index (χ0) is 22.8. The van der Waals surface area contributed by atoms with Crippen molar-refractivity contribution < 1.29 is 28.6 Å². The van der Waals surface area contributed by atoms with Crippen molar-refractivity contribution in [1.29, 1.82) is 5.26 Å². The summed E-state index contributed by atoms with van der Waals surface area (Å²) in [6.45, 7) is 4.99. The lowest BCUT2D eigenvalue weighted by Crippen LogP contribution is -2.25. The molecule has 0 saturated heterocycles. The topological polar surface area (TPSA) is 127 Å². The molecule has 0 bridgehead atoms. The van der Waals surface area contributed by atoms with Crippen LogP contribution in [0.5, 0.6) is 5.75 Å². The Bertz CT molecular complexity index is 1050. The summed E-state index contributed by atoms with van der Waals surface area (Å²) in [5, 5.41) is 11.1. The average Bonchev–Trinajstić information content (AvgIpc) is 2.72. The van der Waals surface area contributed by atoms with E-state index in [1.165, 1.54) is 12.1 Å². The Kier molecular flexibility index (Phi) is 8.31. The first-order chi connectivity index (χ1) is 14.8. The highest BCUT2D eigenvalue weighted by atomic mass is 16.6. The Morgan fingerprint density at radius 2 is 1.90 bits per heavy atom. The third-order valence-corrected chi connectivity index (χ3v) is 4.16. The molecule has 160 valence electrons. The number of hydrogen-bond acceptors (Lipinski definition) is 8. The third-order valence-electron chi connectivity index (χ3n) is 4.16. The van der Waals surface area contributed by atoms with E-state index in [4.69, 9.17) is 19.5 Å². The molecule has 0 spiro atoms. The maximum Gasteiger partial charge on any atom is 0.411 e. The molecule has 1 N–H and O–H groups in total. The van der Waals surface area contributed by atoms with E-state index in [1.807, 2.05) is 0 Å². The quantitative estimate of drug-likeness (QED) is 0.296. The van der Waals surface area contributed by atoms with Crippen molar-refractivity contribution >= 4 is 29.5 Å². The number of hydrogen-bond donors (Lipinski definition) is 1. The number of carbonyl (C=O) groups is 2. The minimum Gasteiger partial charge on any atom is -0.459 e. The molecule has 2 aromatic carbocycles. The van der Waals surface area contributed by atoms with E-state index >= 15 is 0 Å². The number of nitrogens with zero attached hydrogens (tertiary/aromatic N) is 2. The first-order valence-corrected chi connectivity index (χ1v) is 9.29. The summed E-state index contributed by atoms with van der Waals surface area (Å²) in [7, 11) is 0. The average molecular weight is 423 g/mol. The maximum atomic E-state index is 12.1. The van der Waals surface area contributed by atoms with Gasteiger partial charge in [0.05, 0.1) is 12.1 Å². The van der Waals surface area contributed by atoms with Gasteiger partial charge in [0.2, 0.25) is 6.08 Å². The van der Waals surface area contributed by atoms with E-state index in [0.29, 0.717) is 22.7 Å². The summed E-state index contributed by atoms with van der Waals surface area (Å²) in [6, 6.07) is 9.91. The van der Waals surface area contributed by atoms with Gasteiger partial charge in [-0.05, 0) is 49.6 Å². The van der Waals surface area contributed by atoms with Crippen LogP contribution in [0.3, 0.4) is 0 Å². The highest BCUT2D eigenvalue weighted by Gasteiger charge is 2.14. The van der Waals surface area contributed by atoms with E-state index in [2.05, 4.69) is 10.3 Å². The molecule has 0 saturated carbocycles. The summed E-state index contributed by atoms with van der Waals surface area (Å²) in [4.78, 5) is 38.1. The Hall–Kier alpha value is -4.15. The number of isocyanates is 1. The highest BCUT2D eigenvalue weighted by molar-refractivity contribution is 5.85. The summed E-state index contributed by atoms with van der Waals surface area (Å²) in [5.41, 5.74) is 2.98. The minimum atomic E-state index is -0.746. The van der Waals surface area contributed by atoms with E-state index in [0.717, 1.165) is 11.1 Å². The molecule has 9 heteroatoms. The minimum absolute atomic E-state index is 0.0246. The van der Waals surface area contributed by atoms with Crippen molar-refractivity contribution in [3.8, 4) is 12.0 Å². The normalized spacial score (nSPS) is 10.8. The number of amides is 1. The van der Waals surface area contributed by atoms with Gasteiger partial charge in [0, 0.05) is 11.8 Å². The molecular formula is C22H21N3O6. The Labute approximate surface area is 179 Å². The number of esters is 1. The van der Waals surface area contributed by atoms with Crippen LogP contribution >= 0.6 is 0 Å². The van der Waals surface area contributed by atoms with Gasteiger partial charge in [0.25, 0.3) is 6.26 Å². The van der Waals surface area contributed by atoms with Crippen LogP contribution in [-0.2, 0) is 25.5 Å². The Balaban J connectivity index is 1.83. The van der Waals surface area contributed by atoms with Gasteiger partial charge in [-0.2, -0.15) is 4.99 Å². The third kappa shape index (κ3) is 7.31. The molecule has 0 aliphatic heterocycles. The molecule has 31 heavy (non-hydrogen) atoms. The van der Waals surface area contributed by atoms with Gasteiger partial charge < -0.3 is 14.2 Å². The fourth-order valence-corrected chi connectivity index (χ4v) is 2.59. The number of aliphatic imine (C=N–C) groups is 1. The van der Waals surface area contributed by atoms with Crippen LogP contribution in [0.25, 0.3) is 0 Å². The van der Waals surface area contributed by atoms with Crippen molar-refractivity contribution in [2.45, 2.75) is 33.3 Å². The summed E-state index contributed by atoms with van der Waals surface area (Å²) < 4.78 is 15.1. The largest absolute Gasteiger partial charge is 0.459 e. The lowest BCUT2D eigenvalue weighted by molar-refractivity contribution is -0.149. The molecule has 0 fully saturated rings. The fraction of sp³-hybridized carbons (Fsp3) is 0.273. The number of benzene rings is 2. The second-order valence-electron chi connectivity index (χ2n) is 6.70. The molecule has 2 aromatic rings. The summed E-state index contributed by atoms with van der Waals surface area (Å²) in [5.74, 6) is -0.195. The number of anilines is 1. The van der Waals surface area contributed by atoms with Crippen LogP contribution in [0.4, 0.5) is 16.2 Å². The second kappa shape index (κ2) is 11.1. The van der Waals surface area contributed by atoms with Crippen LogP contribution in [0.1, 0.15) is 23.6 Å². The monoisotopic (exact) mass is 423 g/mol. The van der Waals surface area contributed by atoms with Crippen molar-refractivity contribution in [1.82, 2.24) is 0 Å². The standard InChI is InChI=1S/C22H21N3O6/c1-14-4-6-17(8-19(14)24-13-26)9-21(27)31-16(3)11-29-22(28)25-18-7-5-15(2)20(10-18)30-12-23/h4-8,10,16H,9,11H2,1-3H3,(H,25,28). The van der Waals surface area contributed by atoms with Gasteiger partial charge in [0.1, 0.15) is 18.5 Å². The number of nitriles is 1. The molecule has 1 atom stereocenters. The summed E-state index contributed by atoms with van der Waals surface area (Å²) in [6.07, 6.45) is 1.61. The van der Waals surface area contributed by atoms with Crippen molar-refractivity contribution in [2.75, 3.05) is 11.9 Å². The predicted molar refractivity (Wildman–Crippen MR) is 111 cm³/mol. The van der Waals surface area contributed by atoms with Crippen molar-refractivity contribution in [2.24, 2.45) is 4.99 Å². The van der Waals surface area contributed by atoms with Gasteiger partial charge in [-0.15, -0.1) is 5.26 Å². The summed E-state index contributed by atoms with van der Waals surface area (Å²) >= 11 is 0. The first kappa shape index (κ1) is 23.1. The lowest BCUT2D eigenvalue weighted by Gasteiger charge is -2.14. The lowest BCUT2D eigenvalue weighted by atomic mass is 10.1. The number of nitrogens with one attached hydrogen (secondary N) is 1. The van der Waals surface area contributed by atoms with E-state index in [-0.39, 0.29) is 13.0 Å². The molecule has 0 aromatic heterocycles. The zero-order valence-electron chi connectivity index (χ0n) is 17.3. The molecule has 0 heterocycles. The number of aryl methyl sites for hydroxylation is 2. The smallest absolute Gasteiger partial charge is 0.411 e. The van der Waals surface area contributed by atoms with Gasteiger partial charge >= 0.3 is 12.1 Å². The molecule has 0 aliphatic carbocycles. The van der Waals surface area contributed by atoms with Crippen LogP contribution in [0.2, 0.25) is 0 Å². The molecule has 9 nitrogen and oxygen atoms in total. The molecule has 2 rings (SSSR count). The first-order valence-electron chi connectivity index (χ1n) is 9.29. The van der Waals surface area contributed by atoms with Crippen molar-refractivity contribution in [3.63, 3.8) is 0 Å². The molecule has 1 amide bonds. The molecule has 0 aliphatic rings. The van der Waals surface area contributed by atoms with Crippen LogP contribution in [0.15, 0.2) is 41.4 Å². The van der Waals surface area contributed by atoms with E-state index in [1.54, 1.807) is 57.4 Å². The predicted octanol–water partition coefficient (Wildman–Crippen LogP) is 3.85. The van der Waals surface area contributed by atoms with Gasteiger partial charge in [0.15, 0.2) is 0 Å². The Morgan fingerprint density at radius 1 is 1.16 bits per heavy atom. The zero-order valence-corrected chi connectivity index (χ0v) is 17.3. The van der Waals surface area contributed by atoms with Crippen molar-refractivity contribution in [3.05, 3.63) is 53.1 Å². The van der Waals surface area contributed by atoms with Gasteiger partial charge in [-0.3, -0.25) is 10.1 Å². The number of carbonyl (C=O) groups excluding carboxylic acids is 3. The SMILES string of the molecule is Cc1ccc(CC(=O)OC(C)COC(=O)Nc2ccc(C)c(OC#N)c2)cc1N=C=O. The van der Waals surface area contributed by atoms with Crippen LogP contribution in [-0.4, -0.2) is 30.9 Å². The molecule has 0 radical (unpaired) electrons. The second-order valence-corrected chi connectivity index (χ2v) is 6.70. The fourth-order valence-electron chi connectivity index (χ4n) is 2.59. The van der Waals surface area contributed by atoms with E-state index in [9.17, 15) is 14.4 Å². The number of rotatable bonds is 8. The van der Waals surface area contributed by atoms with Crippen LogP contribution in [0, 0.1) is 25.4 Å². The highest BCUT2D eigenvalue weighted by Crippen LogP contribution is 2.23. The Morgan fingerprint density at radius 3 is 2.61 bits per heavy atom. The number of ether oxygens (including phenoxy) is 3. The van der Waals surface area contributed by atoms with Gasteiger partial charge in [-0.25, -0.2) is 9.59 Å². The molecular weight excluding hydrogens is 402 g/mol. The molecule has 1 unspecified atom stereocenters. The van der Waals surface area contributed by atoms with Crippen LogP contribution < -0.4 is 10.1 Å². The maximum absolute atomic E-state index is 12.1. The van der Waals surface area contributed by atoms with E-state index < -0.39 is 18.2 Å². The van der Waals surface area contributed by atoms with Gasteiger partial charge in [-0.1, -0.05) is 18.2 Å².